The van der Waals surface area contributed by atoms with Crippen molar-refractivity contribution >= 4 is 22.7 Å². The first-order valence-electron chi connectivity index (χ1n) is 8.27. The Morgan fingerprint density at radius 3 is 2.20 bits per heavy atom. The molecule has 0 fully saturated rings. The molecule has 0 atom stereocenters. The minimum Gasteiger partial charge on any atom is -0.508 e. The van der Waals surface area contributed by atoms with Crippen molar-refractivity contribution in [1.29, 1.82) is 0 Å². The average molecular weight is 333 g/mol. The Balaban J connectivity index is 1.75. The van der Waals surface area contributed by atoms with E-state index in [9.17, 15) is 5.11 Å². The molecular formula is C21H23N3O. The molecule has 3 aromatic carbocycles. The summed E-state index contributed by atoms with van der Waals surface area (Å²) in [5, 5.41) is 17.0. The number of nitrogens with one attached hydrogen (secondary N) is 2. The molecule has 0 radical (unpaired) electrons. The largest absolute Gasteiger partial charge is 0.508 e. The van der Waals surface area contributed by atoms with Gasteiger partial charge in [-0.2, -0.15) is 0 Å². The Morgan fingerprint density at radius 2 is 1.52 bits per heavy atom. The first kappa shape index (κ1) is 16.7. The summed E-state index contributed by atoms with van der Waals surface area (Å²) in [6, 6.07) is 23.7. The standard InChI is InChI=1S/C21H23N3O/c1-24(2)18-13-11-16(12-14-18)22-15-19-20(9-6-10-21(19)25)23-17-7-4-3-5-8-17/h3-14,22-23,25H,15H2,1-2H3. The Hall–Kier alpha value is -3.14. The van der Waals surface area contributed by atoms with Gasteiger partial charge in [0, 0.05) is 49.0 Å². The second-order valence-electron chi connectivity index (χ2n) is 6.09. The number of para-hydroxylation sites is 1. The minimum atomic E-state index is 0.276. The molecule has 0 aliphatic heterocycles. The monoisotopic (exact) mass is 333 g/mol. The van der Waals surface area contributed by atoms with Crippen molar-refractivity contribution in [2.75, 3.05) is 29.6 Å². The zero-order valence-electron chi connectivity index (χ0n) is 14.5. The summed E-state index contributed by atoms with van der Waals surface area (Å²) in [4.78, 5) is 2.06. The zero-order valence-corrected chi connectivity index (χ0v) is 14.5. The number of hydrogen-bond acceptors (Lipinski definition) is 4. The van der Waals surface area contributed by atoms with Crippen molar-refractivity contribution in [2.24, 2.45) is 0 Å². The molecule has 0 unspecified atom stereocenters. The number of phenols is 1. The molecule has 0 aliphatic rings. The van der Waals surface area contributed by atoms with Crippen LogP contribution in [0.25, 0.3) is 0 Å². The van der Waals surface area contributed by atoms with Crippen LogP contribution in [0.1, 0.15) is 5.56 Å². The van der Waals surface area contributed by atoms with E-state index in [1.165, 1.54) is 0 Å². The van der Waals surface area contributed by atoms with E-state index < -0.39 is 0 Å². The van der Waals surface area contributed by atoms with E-state index in [-0.39, 0.29) is 5.75 Å². The van der Waals surface area contributed by atoms with E-state index in [1.54, 1.807) is 6.07 Å². The van der Waals surface area contributed by atoms with Gasteiger partial charge in [0.05, 0.1) is 0 Å². The van der Waals surface area contributed by atoms with Crippen molar-refractivity contribution in [3.8, 4) is 5.75 Å². The molecule has 4 heteroatoms. The van der Waals surface area contributed by atoms with E-state index >= 15 is 0 Å². The lowest BCUT2D eigenvalue weighted by Crippen LogP contribution is -2.08. The molecular weight excluding hydrogens is 310 g/mol. The number of aromatic hydroxyl groups is 1. The smallest absolute Gasteiger partial charge is 0.122 e. The van der Waals surface area contributed by atoms with Crippen LogP contribution in [-0.2, 0) is 6.54 Å². The predicted octanol–water partition coefficient (Wildman–Crippen LogP) is 4.81. The predicted molar refractivity (Wildman–Crippen MR) is 106 cm³/mol. The van der Waals surface area contributed by atoms with E-state index in [0.29, 0.717) is 6.54 Å². The fourth-order valence-corrected chi connectivity index (χ4v) is 2.62. The van der Waals surface area contributed by atoms with Gasteiger partial charge in [-0.15, -0.1) is 0 Å². The number of anilines is 4. The highest BCUT2D eigenvalue weighted by Crippen LogP contribution is 2.29. The second-order valence-corrected chi connectivity index (χ2v) is 6.09. The normalized spacial score (nSPS) is 10.3. The molecule has 128 valence electrons. The number of rotatable bonds is 6. The van der Waals surface area contributed by atoms with Crippen LogP contribution < -0.4 is 15.5 Å². The molecule has 0 aliphatic carbocycles. The first-order chi connectivity index (χ1) is 12.1. The quantitative estimate of drug-likeness (QED) is 0.605. The number of phenolic OH excluding ortho intramolecular Hbond substituents is 1. The molecule has 0 aromatic heterocycles. The SMILES string of the molecule is CN(C)c1ccc(NCc2c(O)cccc2Nc2ccccc2)cc1. The topological polar surface area (TPSA) is 47.5 Å². The van der Waals surface area contributed by atoms with Gasteiger partial charge in [-0.05, 0) is 48.5 Å². The van der Waals surface area contributed by atoms with Crippen LogP contribution >= 0.6 is 0 Å². The summed E-state index contributed by atoms with van der Waals surface area (Å²) < 4.78 is 0. The van der Waals surface area contributed by atoms with Crippen molar-refractivity contribution in [2.45, 2.75) is 6.54 Å². The van der Waals surface area contributed by atoms with Crippen LogP contribution in [0.5, 0.6) is 5.75 Å². The zero-order chi connectivity index (χ0) is 17.6. The van der Waals surface area contributed by atoms with Gasteiger partial charge in [-0.1, -0.05) is 24.3 Å². The second kappa shape index (κ2) is 7.62. The van der Waals surface area contributed by atoms with Crippen LogP contribution in [0.4, 0.5) is 22.7 Å². The Labute approximate surface area is 148 Å². The van der Waals surface area contributed by atoms with Gasteiger partial charge in [0.25, 0.3) is 0 Å². The summed E-state index contributed by atoms with van der Waals surface area (Å²) in [5.74, 6) is 0.276. The van der Waals surface area contributed by atoms with Gasteiger partial charge in [-0.3, -0.25) is 0 Å². The molecule has 4 nitrogen and oxygen atoms in total. The van der Waals surface area contributed by atoms with Crippen molar-refractivity contribution in [3.63, 3.8) is 0 Å². The lowest BCUT2D eigenvalue weighted by molar-refractivity contribution is 0.469. The third-order valence-corrected chi connectivity index (χ3v) is 4.06. The van der Waals surface area contributed by atoms with Crippen LogP contribution in [0.3, 0.4) is 0 Å². The summed E-state index contributed by atoms with van der Waals surface area (Å²) >= 11 is 0. The van der Waals surface area contributed by atoms with Crippen LogP contribution in [-0.4, -0.2) is 19.2 Å². The van der Waals surface area contributed by atoms with Gasteiger partial charge < -0.3 is 20.6 Å². The lowest BCUT2D eigenvalue weighted by Gasteiger charge is -2.16. The molecule has 3 aromatic rings. The van der Waals surface area contributed by atoms with E-state index in [1.807, 2.05) is 68.7 Å². The van der Waals surface area contributed by atoms with Crippen LogP contribution in [0, 0.1) is 0 Å². The Kier molecular flexibility index (Phi) is 5.09. The van der Waals surface area contributed by atoms with Gasteiger partial charge >= 0.3 is 0 Å². The molecule has 0 saturated heterocycles. The average Bonchev–Trinajstić information content (AvgIpc) is 2.62. The maximum Gasteiger partial charge on any atom is 0.122 e. The highest BCUT2D eigenvalue weighted by Gasteiger charge is 2.08. The molecule has 0 heterocycles. The molecule has 0 saturated carbocycles. The fourth-order valence-electron chi connectivity index (χ4n) is 2.62. The molecule has 3 rings (SSSR count). The van der Waals surface area contributed by atoms with Crippen molar-refractivity contribution in [1.82, 2.24) is 0 Å². The summed E-state index contributed by atoms with van der Waals surface area (Å²) in [6.45, 7) is 0.531. The Morgan fingerprint density at radius 1 is 0.800 bits per heavy atom. The molecule has 0 spiro atoms. The first-order valence-corrected chi connectivity index (χ1v) is 8.27. The van der Waals surface area contributed by atoms with Crippen molar-refractivity contribution < 1.29 is 5.11 Å². The molecule has 3 N–H and O–H groups in total. The van der Waals surface area contributed by atoms with Crippen molar-refractivity contribution in [3.05, 3.63) is 78.4 Å². The third-order valence-electron chi connectivity index (χ3n) is 4.06. The maximum atomic E-state index is 10.3. The van der Waals surface area contributed by atoms with Gasteiger partial charge in [0.15, 0.2) is 0 Å². The maximum absolute atomic E-state index is 10.3. The van der Waals surface area contributed by atoms with Crippen LogP contribution in [0.2, 0.25) is 0 Å². The highest BCUT2D eigenvalue weighted by atomic mass is 16.3. The number of nitrogens with zero attached hydrogens (tertiary/aromatic N) is 1. The van der Waals surface area contributed by atoms with E-state index in [0.717, 1.165) is 28.3 Å². The van der Waals surface area contributed by atoms with E-state index in [4.69, 9.17) is 0 Å². The highest BCUT2D eigenvalue weighted by molar-refractivity contribution is 5.67. The fraction of sp³-hybridized carbons (Fsp3) is 0.143. The number of hydrogen-bond donors (Lipinski definition) is 3. The van der Waals surface area contributed by atoms with Gasteiger partial charge in [0.1, 0.15) is 5.75 Å². The third kappa shape index (κ3) is 4.23. The molecule has 0 amide bonds. The molecule has 25 heavy (non-hydrogen) atoms. The lowest BCUT2D eigenvalue weighted by atomic mass is 10.1. The minimum absolute atomic E-state index is 0.276. The van der Waals surface area contributed by atoms with Gasteiger partial charge in [0.2, 0.25) is 0 Å². The van der Waals surface area contributed by atoms with E-state index in [2.05, 4.69) is 27.7 Å². The Bertz CT molecular complexity index is 814. The number of benzene rings is 3. The summed E-state index contributed by atoms with van der Waals surface area (Å²) in [6.07, 6.45) is 0. The summed E-state index contributed by atoms with van der Waals surface area (Å²) in [5.41, 5.74) is 4.88. The van der Waals surface area contributed by atoms with Crippen LogP contribution in [0.15, 0.2) is 72.8 Å². The van der Waals surface area contributed by atoms with Gasteiger partial charge in [-0.25, -0.2) is 0 Å². The summed E-state index contributed by atoms with van der Waals surface area (Å²) in [7, 11) is 4.04. The molecule has 0 bridgehead atoms.